The average molecular weight is 334 g/mol. The average Bonchev–Trinajstić information content (AvgIpc) is 2.70. The predicted octanol–water partition coefficient (Wildman–Crippen LogP) is 4.53. The van der Waals surface area contributed by atoms with Crippen molar-refractivity contribution in [3.8, 4) is 0 Å². The quantitative estimate of drug-likeness (QED) is 0.805. The molecule has 0 radical (unpaired) electrons. The van der Waals surface area contributed by atoms with Gasteiger partial charge in [-0.2, -0.15) is 0 Å². The maximum absolute atomic E-state index is 6.10. The van der Waals surface area contributed by atoms with Gasteiger partial charge < -0.3 is 11.1 Å². The molecular formula is C19H18N4S. The minimum atomic E-state index is 0.0867. The lowest BCUT2D eigenvalue weighted by atomic mass is 10.0. The number of aryl methyl sites for hydroxylation is 1. The van der Waals surface area contributed by atoms with E-state index in [-0.39, 0.29) is 5.25 Å². The van der Waals surface area contributed by atoms with Gasteiger partial charge in [0.2, 0.25) is 0 Å². The number of nitrogens with two attached hydrogens (primary N) is 1. The highest BCUT2D eigenvalue weighted by molar-refractivity contribution is 8.14. The van der Waals surface area contributed by atoms with Crippen LogP contribution in [0.1, 0.15) is 23.3 Å². The van der Waals surface area contributed by atoms with Crippen LogP contribution in [0.25, 0.3) is 0 Å². The van der Waals surface area contributed by atoms with Crippen molar-refractivity contribution in [3.63, 3.8) is 0 Å². The standard InChI is InChI=1S/C19H18N4S/c1-11-7-9-13(10-8-11)17-16-12(2)21-14-5-3-4-6-15(14)22-18(16)23-19(20)24-17/h3-10,17,21H,1-2H3,(H2,20,22,23). The third kappa shape index (κ3) is 2.61. The summed E-state index contributed by atoms with van der Waals surface area (Å²) in [6, 6.07) is 16.6. The Kier molecular flexibility index (Phi) is 3.65. The lowest BCUT2D eigenvalue weighted by Crippen LogP contribution is -2.23. The highest BCUT2D eigenvalue weighted by Gasteiger charge is 2.31. The molecule has 2 heterocycles. The van der Waals surface area contributed by atoms with Gasteiger partial charge in [-0.15, -0.1) is 0 Å². The van der Waals surface area contributed by atoms with Crippen LogP contribution in [0.3, 0.4) is 0 Å². The molecule has 24 heavy (non-hydrogen) atoms. The monoisotopic (exact) mass is 334 g/mol. The number of nitrogens with one attached hydrogen (secondary N) is 1. The van der Waals surface area contributed by atoms with Crippen LogP contribution < -0.4 is 11.1 Å². The number of anilines is 1. The minimum absolute atomic E-state index is 0.0867. The van der Waals surface area contributed by atoms with Crippen molar-refractivity contribution in [2.45, 2.75) is 19.1 Å². The molecule has 4 rings (SSSR count). The molecular weight excluding hydrogens is 316 g/mol. The van der Waals surface area contributed by atoms with E-state index in [0.717, 1.165) is 22.6 Å². The number of amidine groups is 2. The SMILES string of the molecule is CC1=C2C(=Nc3ccccc3N1)N=C(N)SC2c1ccc(C)cc1. The number of benzene rings is 2. The van der Waals surface area contributed by atoms with Gasteiger partial charge in [0.05, 0.1) is 16.6 Å². The Morgan fingerprint density at radius 2 is 1.75 bits per heavy atom. The fraction of sp³-hybridized carbons (Fsp3) is 0.158. The molecule has 0 aromatic heterocycles. The number of nitrogens with zero attached hydrogens (tertiary/aromatic N) is 2. The van der Waals surface area contributed by atoms with Gasteiger partial charge in [-0.05, 0) is 31.5 Å². The fourth-order valence-electron chi connectivity index (χ4n) is 2.97. The summed E-state index contributed by atoms with van der Waals surface area (Å²) in [5.74, 6) is 0.701. The minimum Gasteiger partial charge on any atom is -0.378 e. The third-order valence-electron chi connectivity index (χ3n) is 4.19. The van der Waals surface area contributed by atoms with E-state index in [9.17, 15) is 0 Å². The molecule has 2 aromatic carbocycles. The number of hydrogen-bond donors (Lipinski definition) is 2. The molecule has 1 atom stereocenters. The maximum Gasteiger partial charge on any atom is 0.161 e. The van der Waals surface area contributed by atoms with Crippen molar-refractivity contribution in [2.24, 2.45) is 15.7 Å². The van der Waals surface area contributed by atoms with E-state index in [0.29, 0.717) is 11.0 Å². The lowest BCUT2D eigenvalue weighted by Gasteiger charge is -2.25. The number of hydrogen-bond acceptors (Lipinski definition) is 5. The zero-order valence-electron chi connectivity index (χ0n) is 13.6. The second kappa shape index (κ2) is 5.83. The first kappa shape index (κ1) is 15.0. The van der Waals surface area contributed by atoms with Crippen LogP contribution >= 0.6 is 11.8 Å². The van der Waals surface area contributed by atoms with Crippen molar-refractivity contribution in [2.75, 3.05) is 5.32 Å². The van der Waals surface area contributed by atoms with Gasteiger partial charge in [-0.3, -0.25) is 0 Å². The summed E-state index contributed by atoms with van der Waals surface area (Å²) in [6.45, 7) is 4.17. The molecule has 2 aliphatic rings. The van der Waals surface area contributed by atoms with Crippen LogP contribution in [0.5, 0.6) is 0 Å². The summed E-state index contributed by atoms with van der Waals surface area (Å²) >= 11 is 1.57. The molecule has 0 fully saturated rings. The summed E-state index contributed by atoms with van der Waals surface area (Å²) in [5, 5.41) is 4.13. The van der Waals surface area contributed by atoms with Gasteiger partial charge in [-0.25, -0.2) is 9.98 Å². The molecule has 1 unspecified atom stereocenters. The molecule has 0 spiro atoms. The third-order valence-corrected chi connectivity index (χ3v) is 5.27. The maximum atomic E-state index is 6.10. The largest absolute Gasteiger partial charge is 0.378 e. The van der Waals surface area contributed by atoms with Crippen molar-refractivity contribution < 1.29 is 0 Å². The van der Waals surface area contributed by atoms with Crippen LogP contribution in [-0.2, 0) is 0 Å². The predicted molar refractivity (Wildman–Crippen MR) is 103 cm³/mol. The summed E-state index contributed by atoms with van der Waals surface area (Å²) in [5.41, 5.74) is 12.6. The van der Waals surface area contributed by atoms with Crippen molar-refractivity contribution in [3.05, 3.63) is 70.9 Å². The second-order valence-electron chi connectivity index (χ2n) is 5.97. The first-order valence-electron chi connectivity index (χ1n) is 7.85. The Hall–Kier alpha value is -2.53. The van der Waals surface area contributed by atoms with E-state index in [1.165, 1.54) is 11.1 Å². The number of allylic oxidation sites excluding steroid dienone is 1. The van der Waals surface area contributed by atoms with Crippen molar-refractivity contribution >= 4 is 34.1 Å². The number of para-hydroxylation sites is 2. The Labute approximate surface area is 145 Å². The lowest BCUT2D eigenvalue weighted by molar-refractivity contribution is 1.12. The molecule has 5 heteroatoms. The van der Waals surface area contributed by atoms with E-state index in [4.69, 9.17) is 10.7 Å². The highest BCUT2D eigenvalue weighted by atomic mass is 32.2. The molecule has 2 aliphatic heterocycles. The summed E-state index contributed by atoms with van der Waals surface area (Å²) < 4.78 is 0. The topological polar surface area (TPSA) is 62.8 Å². The Balaban J connectivity index is 1.88. The normalized spacial score (nSPS) is 19.5. The van der Waals surface area contributed by atoms with Crippen LogP contribution in [0.2, 0.25) is 0 Å². The second-order valence-corrected chi connectivity index (χ2v) is 7.10. The van der Waals surface area contributed by atoms with E-state index in [2.05, 4.69) is 48.4 Å². The molecule has 0 amide bonds. The molecule has 3 N–H and O–H groups in total. The van der Waals surface area contributed by atoms with E-state index >= 15 is 0 Å². The van der Waals surface area contributed by atoms with E-state index in [1.54, 1.807) is 11.8 Å². The summed E-state index contributed by atoms with van der Waals surface area (Å²) in [7, 11) is 0. The van der Waals surface area contributed by atoms with Gasteiger partial charge >= 0.3 is 0 Å². The van der Waals surface area contributed by atoms with Gasteiger partial charge in [-0.1, -0.05) is 53.7 Å². The van der Waals surface area contributed by atoms with Crippen LogP contribution in [0.4, 0.5) is 11.4 Å². The molecule has 4 nitrogen and oxygen atoms in total. The van der Waals surface area contributed by atoms with Crippen LogP contribution in [-0.4, -0.2) is 11.0 Å². The summed E-state index contributed by atoms with van der Waals surface area (Å²) in [4.78, 5) is 9.29. The number of thioether (sulfide) groups is 1. The molecule has 120 valence electrons. The highest BCUT2D eigenvalue weighted by Crippen LogP contribution is 2.44. The molecule has 0 saturated heterocycles. The number of aliphatic imine (C=N–C) groups is 2. The molecule has 2 aromatic rings. The Morgan fingerprint density at radius 3 is 2.54 bits per heavy atom. The Bertz CT molecular complexity index is 894. The zero-order chi connectivity index (χ0) is 16.7. The van der Waals surface area contributed by atoms with Gasteiger partial charge in [0, 0.05) is 11.3 Å². The molecule has 0 saturated carbocycles. The molecule has 0 bridgehead atoms. The van der Waals surface area contributed by atoms with Crippen molar-refractivity contribution in [1.82, 2.24) is 0 Å². The molecule has 0 aliphatic carbocycles. The van der Waals surface area contributed by atoms with Gasteiger partial charge in [0.15, 0.2) is 11.0 Å². The summed E-state index contributed by atoms with van der Waals surface area (Å²) in [6.07, 6.45) is 0. The van der Waals surface area contributed by atoms with Crippen LogP contribution in [0, 0.1) is 6.92 Å². The van der Waals surface area contributed by atoms with E-state index < -0.39 is 0 Å². The van der Waals surface area contributed by atoms with Gasteiger partial charge in [0.1, 0.15) is 0 Å². The van der Waals surface area contributed by atoms with E-state index in [1.807, 2.05) is 24.3 Å². The zero-order valence-corrected chi connectivity index (χ0v) is 14.4. The number of fused-ring (bicyclic) bond motifs is 2. The van der Waals surface area contributed by atoms with Crippen molar-refractivity contribution in [1.29, 1.82) is 0 Å². The first-order valence-corrected chi connectivity index (χ1v) is 8.73. The van der Waals surface area contributed by atoms with Crippen LogP contribution in [0.15, 0.2) is 69.8 Å². The Morgan fingerprint density at radius 1 is 1.00 bits per heavy atom. The van der Waals surface area contributed by atoms with Gasteiger partial charge in [0.25, 0.3) is 0 Å². The fourth-order valence-corrected chi connectivity index (χ4v) is 4.05. The smallest absolute Gasteiger partial charge is 0.161 e. The number of rotatable bonds is 1. The first-order chi connectivity index (χ1) is 11.6.